The third kappa shape index (κ3) is 4.60. The first-order chi connectivity index (χ1) is 13.0. The first-order valence-corrected chi connectivity index (χ1v) is 7.94. The Hall–Kier alpha value is -3.88. The molecule has 0 saturated heterocycles. The van der Waals surface area contributed by atoms with Crippen LogP contribution in [0.3, 0.4) is 0 Å². The molecule has 1 atom stereocenters. The van der Waals surface area contributed by atoms with Crippen molar-refractivity contribution in [3.05, 3.63) is 70.3 Å². The van der Waals surface area contributed by atoms with Crippen molar-refractivity contribution >= 4 is 23.6 Å². The van der Waals surface area contributed by atoms with Gasteiger partial charge in [-0.3, -0.25) is 30.6 Å². The summed E-state index contributed by atoms with van der Waals surface area (Å²) in [7, 11) is 0. The number of hydrogen-bond acceptors (Lipinski definition) is 6. The highest BCUT2D eigenvalue weighted by Gasteiger charge is 2.27. The molecule has 0 radical (unpaired) electrons. The largest absolute Gasteiger partial charge is 0.485 e. The third-order valence-corrected chi connectivity index (χ3v) is 3.62. The van der Waals surface area contributed by atoms with E-state index in [4.69, 9.17) is 9.47 Å². The lowest BCUT2D eigenvalue weighted by atomic mass is 10.2. The van der Waals surface area contributed by atoms with Gasteiger partial charge in [0.2, 0.25) is 6.10 Å². The number of nitrogens with one attached hydrogen (secondary N) is 2. The van der Waals surface area contributed by atoms with E-state index in [2.05, 4.69) is 10.9 Å². The number of nitro groups is 1. The van der Waals surface area contributed by atoms with Crippen molar-refractivity contribution in [1.82, 2.24) is 10.9 Å². The molecule has 2 aromatic rings. The molecule has 0 fully saturated rings. The average molecular weight is 369 g/mol. The molecule has 0 saturated carbocycles. The van der Waals surface area contributed by atoms with E-state index >= 15 is 0 Å². The van der Waals surface area contributed by atoms with Crippen LogP contribution in [0.5, 0.6) is 11.5 Å². The zero-order chi connectivity index (χ0) is 19.2. The van der Waals surface area contributed by atoms with Crippen molar-refractivity contribution in [2.24, 2.45) is 0 Å². The molecule has 1 heterocycles. The molecule has 0 bridgehead atoms. The number of non-ortho nitro benzene ring substituents is 1. The highest BCUT2D eigenvalue weighted by atomic mass is 16.6. The number of benzene rings is 2. The summed E-state index contributed by atoms with van der Waals surface area (Å²) in [6.07, 6.45) is 1.64. The highest BCUT2D eigenvalue weighted by Crippen LogP contribution is 2.30. The molecule has 9 nitrogen and oxygen atoms in total. The van der Waals surface area contributed by atoms with Gasteiger partial charge in [-0.1, -0.05) is 24.3 Å². The molecule has 0 aliphatic carbocycles. The molecular formula is C18H15N3O6. The van der Waals surface area contributed by atoms with Crippen LogP contribution in [-0.4, -0.2) is 29.4 Å². The van der Waals surface area contributed by atoms with Gasteiger partial charge in [0, 0.05) is 18.2 Å². The maximum atomic E-state index is 12.1. The van der Waals surface area contributed by atoms with Gasteiger partial charge in [0.1, 0.15) is 6.61 Å². The van der Waals surface area contributed by atoms with Crippen LogP contribution in [0.15, 0.2) is 54.6 Å². The predicted molar refractivity (Wildman–Crippen MR) is 94.8 cm³/mol. The third-order valence-electron chi connectivity index (χ3n) is 3.62. The van der Waals surface area contributed by atoms with Crippen LogP contribution >= 0.6 is 0 Å². The van der Waals surface area contributed by atoms with Gasteiger partial charge < -0.3 is 9.47 Å². The molecule has 0 unspecified atom stereocenters. The van der Waals surface area contributed by atoms with Crippen molar-refractivity contribution in [3.63, 3.8) is 0 Å². The van der Waals surface area contributed by atoms with Gasteiger partial charge in [-0.25, -0.2) is 0 Å². The van der Waals surface area contributed by atoms with Crippen LogP contribution in [0.1, 0.15) is 5.56 Å². The molecule has 1 aliphatic heterocycles. The molecule has 138 valence electrons. The summed E-state index contributed by atoms with van der Waals surface area (Å²) in [4.78, 5) is 34.1. The number of amides is 2. The van der Waals surface area contributed by atoms with Crippen LogP contribution in [0.25, 0.3) is 6.08 Å². The smallest absolute Gasteiger partial charge is 0.283 e. The number of carbonyl (C=O) groups excluding carboxylic acids is 2. The molecule has 0 aromatic heterocycles. The van der Waals surface area contributed by atoms with Gasteiger partial charge in [-0.2, -0.15) is 0 Å². The molecule has 1 aliphatic rings. The van der Waals surface area contributed by atoms with E-state index in [-0.39, 0.29) is 12.3 Å². The fraction of sp³-hybridized carbons (Fsp3) is 0.111. The number of rotatable bonds is 4. The van der Waals surface area contributed by atoms with Crippen LogP contribution in [0.2, 0.25) is 0 Å². The Morgan fingerprint density at radius 1 is 1.11 bits per heavy atom. The predicted octanol–water partition coefficient (Wildman–Crippen LogP) is 1.60. The van der Waals surface area contributed by atoms with Crippen molar-refractivity contribution < 1.29 is 24.0 Å². The topological polar surface area (TPSA) is 120 Å². The quantitative estimate of drug-likeness (QED) is 0.480. The summed E-state index contributed by atoms with van der Waals surface area (Å²) in [5.41, 5.74) is 4.86. The summed E-state index contributed by atoms with van der Waals surface area (Å²) in [6.45, 7) is 0.0161. The van der Waals surface area contributed by atoms with E-state index in [1.165, 1.54) is 24.3 Å². The minimum absolute atomic E-state index is 0.0161. The molecule has 0 spiro atoms. The van der Waals surface area contributed by atoms with Crippen LogP contribution in [0, 0.1) is 10.1 Å². The van der Waals surface area contributed by atoms with Crippen LogP contribution in [-0.2, 0) is 9.59 Å². The lowest BCUT2D eigenvalue weighted by Gasteiger charge is -2.25. The Morgan fingerprint density at radius 2 is 1.89 bits per heavy atom. The van der Waals surface area contributed by atoms with Crippen molar-refractivity contribution in [1.29, 1.82) is 0 Å². The fourth-order valence-electron chi connectivity index (χ4n) is 2.31. The lowest BCUT2D eigenvalue weighted by molar-refractivity contribution is -0.384. The zero-order valence-corrected chi connectivity index (χ0v) is 14.0. The number of ether oxygens (including phenoxy) is 2. The van der Waals surface area contributed by atoms with Crippen LogP contribution in [0.4, 0.5) is 5.69 Å². The van der Waals surface area contributed by atoms with Gasteiger partial charge in [0.05, 0.1) is 4.92 Å². The van der Waals surface area contributed by atoms with E-state index in [9.17, 15) is 19.7 Å². The van der Waals surface area contributed by atoms with E-state index in [0.29, 0.717) is 17.1 Å². The Labute approximate surface area is 153 Å². The maximum absolute atomic E-state index is 12.1. The Bertz CT molecular complexity index is 911. The second kappa shape index (κ2) is 8.00. The Morgan fingerprint density at radius 3 is 2.67 bits per heavy atom. The Balaban J connectivity index is 1.51. The summed E-state index contributed by atoms with van der Waals surface area (Å²) in [5.74, 6) is -0.181. The molecule has 2 amide bonds. The lowest BCUT2D eigenvalue weighted by Crippen LogP contribution is -2.50. The Kier molecular flexibility index (Phi) is 5.31. The standard InChI is InChI=1S/C18H15N3O6/c22-17(9-8-12-4-3-5-13(10-12)21(24)25)19-20-18(23)16-11-26-14-6-1-2-7-15(14)27-16/h1-10,16H,11H2,(H,19,22)(H,20,23)/b9-8+/t16-/m0/s1. The van der Waals surface area contributed by atoms with E-state index in [0.717, 1.165) is 6.08 Å². The molecule has 27 heavy (non-hydrogen) atoms. The summed E-state index contributed by atoms with van der Waals surface area (Å²) >= 11 is 0. The van der Waals surface area contributed by atoms with Gasteiger partial charge in [0.25, 0.3) is 17.5 Å². The summed E-state index contributed by atoms with van der Waals surface area (Å²) in [6, 6.07) is 12.7. The minimum Gasteiger partial charge on any atom is -0.485 e. The number of fused-ring (bicyclic) bond motifs is 1. The van der Waals surface area contributed by atoms with Gasteiger partial charge in [-0.15, -0.1) is 0 Å². The van der Waals surface area contributed by atoms with E-state index in [1.54, 1.807) is 30.3 Å². The average Bonchev–Trinajstić information content (AvgIpc) is 2.70. The fourth-order valence-corrected chi connectivity index (χ4v) is 2.31. The number of hydrogen-bond donors (Lipinski definition) is 2. The van der Waals surface area contributed by atoms with Crippen molar-refractivity contribution in [2.75, 3.05) is 6.61 Å². The molecule has 2 aromatic carbocycles. The molecule has 9 heteroatoms. The summed E-state index contributed by atoms with van der Waals surface area (Å²) in [5, 5.41) is 10.7. The number of para-hydroxylation sites is 2. The van der Waals surface area contributed by atoms with Gasteiger partial charge in [0.15, 0.2) is 11.5 Å². The number of nitro benzene ring substituents is 1. The highest BCUT2D eigenvalue weighted by molar-refractivity contribution is 5.93. The number of carbonyl (C=O) groups is 2. The molecular weight excluding hydrogens is 354 g/mol. The minimum atomic E-state index is -0.902. The second-order valence-corrected chi connectivity index (χ2v) is 5.53. The monoisotopic (exact) mass is 369 g/mol. The van der Waals surface area contributed by atoms with E-state index in [1.807, 2.05) is 0 Å². The van der Waals surface area contributed by atoms with Crippen LogP contribution < -0.4 is 20.3 Å². The summed E-state index contributed by atoms with van der Waals surface area (Å²) < 4.78 is 11.0. The van der Waals surface area contributed by atoms with Gasteiger partial charge >= 0.3 is 0 Å². The molecule has 3 rings (SSSR count). The first kappa shape index (κ1) is 17.9. The van der Waals surface area contributed by atoms with Gasteiger partial charge in [-0.05, 0) is 23.8 Å². The van der Waals surface area contributed by atoms with Crippen molar-refractivity contribution in [2.45, 2.75) is 6.10 Å². The molecule has 2 N–H and O–H groups in total. The number of hydrazine groups is 1. The normalized spacial score (nSPS) is 15.2. The maximum Gasteiger partial charge on any atom is 0.283 e. The SMILES string of the molecule is O=C(/C=C/c1cccc([N+](=O)[O-])c1)NNC(=O)[C@@H]1COc2ccccc2O1. The number of nitrogens with zero attached hydrogens (tertiary/aromatic N) is 1. The zero-order valence-electron chi connectivity index (χ0n) is 14.0. The first-order valence-electron chi connectivity index (χ1n) is 7.94. The second-order valence-electron chi connectivity index (χ2n) is 5.53. The van der Waals surface area contributed by atoms with E-state index < -0.39 is 22.8 Å². The van der Waals surface area contributed by atoms with Crippen molar-refractivity contribution in [3.8, 4) is 11.5 Å².